The highest BCUT2D eigenvalue weighted by Crippen LogP contribution is 1.82. The lowest BCUT2D eigenvalue weighted by molar-refractivity contribution is -0.122. The maximum atomic E-state index is 11.5. The standard InChI is InChI=1S/C9H21N5O2/c1-4-11-9(14-10)13-7(2)8(15)12-5-6-16-3/h7H,4-6,10H2,1-3H3,(H,12,15)(H2,11,13,14). The van der Waals surface area contributed by atoms with Gasteiger partial charge >= 0.3 is 0 Å². The molecule has 1 unspecified atom stereocenters. The van der Waals surface area contributed by atoms with Crippen molar-refractivity contribution >= 4 is 11.9 Å². The number of hydrogen-bond acceptors (Lipinski definition) is 4. The number of aliphatic imine (C=N–C) groups is 1. The zero-order valence-corrected chi connectivity index (χ0v) is 10.0. The Balaban J connectivity index is 3.98. The van der Waals surface area contributed by atoms with Gasteiger partial charge in [0.15, 0.2) is 0 Å². The molecule has 0 fully saturated rings. The third kappa shape index (κ3) is 6.20. The number of guanidine groups is 1. The van der Waals surface area contributed by atoms with Gasteiger partial charge in [0.1, 0.15) is 6.04 Å². The van der Waals surface area contributed by atoms with E-state index in [0.29, 0.717) is 25.7 Å². The number of nitrogens with one attached hydrogen (secondary N) is 3. The monoisotopic (exact) mass is 231 g/mol. The van der Waals surface area contributed by atoms with E-state index < -0.39 is 6.04 Å². The third-order valence-corrected chi connectivity index (χ3v) is 1.80. The molecule has 0 aliphatic heterocycles. The Morgan fingerprint density at radius 1 is 1.56 bits per heavy atom. The number of carbonyl (C=O) groups is 1. The van der Waals surface area contributed by atoms with Crippen LogP contribution < -0.4 is 21.9 Å². The van der Waals surface area contributed by atoms with E-state index in [2.05, 4.69) is 21.1 Å². The van der Waals surface area contributed by atoms with Crippen LogP contribution in [0.1, 0.15) is 13.8 Å². The number of carbonyl (C=O) groups excluding carboxylic acids is 1. The fourth-order valence-electron chi connectivity index (χ4n) is 0.991. The Morgan fingerprint density at radius 3 is 2.75 bits per heavy atom. The SMILES string of the molecule is CCN=C(NN)NC(C)C(=O)NCCOC. The summed E-state index contributed by atoms with van der Waals surface area (Å²) in [7, 11) is 1.58. The first-order valence-corrected chi connectivity index (χ1v) is 5.19. The molecule has 0 heterocycles. The molecule has 0 radical (unpaired) electrons. The summed E-state index contributed by atoms with van der Waals surface area (Å²) in [6.07, 6.45) is 0. The summed E-state index contributed by atoms with van der Waals surface area (Å²) in [6.45, 7) is 5.17. The van der Waals surface area contributed by atoms with Crippen molar-refractivity contribution in [1.82, 2.24) is 16.1 Å². The smallest absolute Gasteiger partial charge is 0.242 e. The summed E-state index contributed by atoms with van der Waals surface area (Å²) >= 11 is 0. The van der Waals surface area contributed by atoms with Gasteiger partial charge in [-0.3, -0.25) is 15.2 Å². The highest BCUT2D eigenvalue weighted by molar-refractivity contribution is 5.88. The van der Waals surface area contributed by atoms with Gasteiger partial charge in [-0.15, -0.1) is 0 Å². The van der Waals surface area contributed by atoms with Crippen LogP contribution in [0.4, 0.5) is 0 Å². The average Bonchev–Trinajstić information content (AvgIpc) is 2.28. The van der Waals surface area contributed by atoms with Crippen molar-refractivity contribution in [2.75, 3.05) is 26.8 Å². The van der Waals surface area contributed by atoms with Crippen LogP contribution in [0.5, 0.6) is 0 Å². The second-order valence-corrected chi connectivity index (χ2v) is 3.12. The van der Waals surface area contributed by atoms with E-state index in [1.165, 1.54) is 0 Å². The summed E-state index contributed by atoms with van der Waals surface area (Å²) in [5, 5.41) is 5.56. The first kappa shape index (κ1) is 14.7. The first-order valence-electron chi connectivity index (χ1n) is 5.19. The Kier molecular flexibility index (Phi) is 8.18. The van der Waals surface area contributed by atoms with Gasteiger partial charge in [-0.05, 0) is 13.8 Å². The molecule has 94 valence electrons. The molecule has 7 nitrogen and oxygen atoms in total. The van der Waals surface area contributed by atoms with Crippen molar-refractivity contribution in [3.63, 3.8) is 0 Å². The number of methoxy groups -OCH3 is 1. The zero-order valence-electron chi connectivity index (χ0n) is 10.0. The minimum absolute atomic E-state index is 0.129. The highest BCUT2D eigenvalue weighted by Gasteiger charge is 2.12. The number of rotatable bonds is 6. The molecule has 0 bridgehead atoms. The van der Waals surface area contributed by atoms with Crippen molar-refractivity contribution in [2.45, 2.75) is 19.9 Å². The Morgan fingerprint density at radius 2 is 2.25 bits per heavy atom. The summed E-state index contributed by atoms with van der Waals surface area (Å²) in [5.41, 5.74) is 2.39. The van der Waals surface area contributed by atoms with Crippen LogP contribution in [-0.2, 0) is 9.53 Å². The fraction of sp³-hybridized carbons (Fsp3) is 0.778. The summed E-state index contributed by atoms with van der Waals surface area (Å²) in [6, 6.07) is -0.404. The van der Waals surface area contributed by atoms with Crippen LogP contribution in [-0.4, -0.2) is 44.7 Å². The number of nitrogens with zero attached hydrogens (tertiary/aromatic N) is 1. The topological polar surface area (TPSA) is 101 Å². The molecular formula is C9H21N5O2. The van der Waals surface area contributed by atoms with Crippen molar-refractivity contribution in [1.29, 1.82) is 0 Å². The van der Waals surface area contributed by atoms with E-state index in [9.17, 15) is 4.79 Å². The Bertz CT molecular complexity index is 232. The predicted octanol–water partition coefficient (Wildman–Crippen LogP) is -1.43. The Labute approximate surface area is 95.8 Å². The van der Waals surface area contributed by atoms with Gasteiger partial charge in [0, 0.05) is 20.2 Å². The van der Waals surface area contributed by atoms with Gasteiger partial charge in [0.25, 0.3) is 0 Å². The fourth-order valence-corrected chi connectivity index (χ4v) is 0.991. The molecule has 1 amide bonds. The molecule has 0 spiro atoms. The van der Waals surface area contributed by atoms with E-state index in [0.717, 1.165) is 0 Å². The van der Waals surface area contributed by atoms with Crippen LogP contribution >= 0.6 is 0 Å². The molecule has 16 heavy (non-hydrogen) atoms. The van der Waals surface area contributed by atoms with Gasteiger partial charge in [-0.2, -0.15) is 0 Å². The molecule has 0 saturated heterocycles. The molecule has 0 saturated carbocycles. The highest BCUT2D eigenvalue weighted by atomic mass is 16.5. The quantitative estimate of drug-likeness (QED) is 0.148. The van der Waals surface area contributed by atoms with Crippen molar-refractivity contribution in [3.05, 3.63) is 0 Å². The molecule has 0 aromatic heterocycles. The zero-order chi connectivity index (χ0) is 12.4. The minimum atomic E-state index is -0.404. The van der Waals surface area contributed by atoms with Crippen LogP contribution in [0.2, 0.25) is 0 Å². The summed E-state index contributed by atoms with van der Waals surface area (Å²) < 4.78 is 4.82. The number of amides is 1. The minimum Gasteiger partial charge on any atom is -0.383 e. The van der Waals surface area contributed by atoms with Crippen molar-refractivity contribution in [3.8, 4) is 0 Å². The number of nitrogens with two attached hydrogens (primary N) is 1. The first-order chi connectivity index (χ1) is 7.65. The molecule has 0 aliphatic carbocycles. The van der Waals surface area contributed by atoms with Crippen LogP contribution in [0.15, 0.2) is 4.99 Å². The molecule has 0 rings (SSSR count). The van der Waals surface area contributed by atoms with E-state index in [4.69, 9.17) is 10.6 Å². The normalized spacial score (nSPS) is 13.1. The van der Waals surface area contributed by atoms with E-state index in [-0.39, 0.29) is 5.91 Å². The van der Waals surface area contributed by atoms with Gasteiger partial charge in [0.2, 0.25) is 11.9 Å². The second kappa shape index (κ2) is 8.93. The average molecular weight is 231 g/mol. The second-order valence-electron chi connectivity index (χ2n) is 3.12. The lowest BCUT2D eigenvalue weighted by Crippen LogP contribution is -2.51. The van der Waals surface area contributed by atoms with Crippen molar-refractivity contribution in [2.24, 2.45) is 10.8 Å². The Hall–Kier alpha value is -1.34. The summed E-state index contributed by atoms with van der Waals surface area (Å²) in [5.74, 6) is 5.51. The molecule has 0 aliphatic rings. The number of hydrazine groups is 1. The molecule has 0 aromatic rings. The lowest BCUT2D eigenvalue weighted by Gasteiger charge is -2.16. The van der Waals surface area contributed by atoms with Crippen molar-refractivity contribution < 1.29 is 9.53 Å². The van der Waals surface area contributed by atoms with E-state index in [1.807, 2.05) is 6.92 Å². The van der Waals surface area contributed by atoms with Gasteiger partial charge in [0.05, 0.1) is 6.61 Å². The molecule has 7 heteroatoms. The maximum Gasteiger partial charge on any atom is 0.242 e. The maximum absolute atomic E-state index is 11.5. The molecular weight excluding hydrogens is 210 g/mol. The summed E-state index contributed by atoms with van der Waals surface area (Å²) in [4.78, 5) is 15.5. The molecule has 5 N–H and O–H groups in total. The van der Waals surface area contributed by atoms with Gasteiger partial charge in [-0.1, -0.05) is 0 Å². The van der Waals surface area contributed by atoms with Gasteiger partial charge in [-0.25, -0.2) is 5.84 Å². The van der Waals surface area contributed by atoms with E-state index in [1.54, 1.807) is 14.0 Å². The third-order valence-electron chi connectivity index (χ3n) is 1.80. The van der Waals surface area contributed by atoms with Gasteiger partial charge < -0.3 is 15.4 Å². The van der Waals surface area contributed by atoms with Crippen LogP contribution in [0.25, 0.3) is 0 Å². The lowest BCUT2D eigenvalue weighted by atomic mass is 10.3. The molecule has 1 atom stereocenters. The van der Waals surface area contributed by atoms with Crippen LogP contribution in [0.3, 0.4) is 0 Å². The molecule has 0 aromatic carbocycles. The predicted molar refractivity (Wildman–Crippen MR) is 62.8 cm³/mol. The number of ether oxygens (including phenoxy) is 1. The number of hydrogen-bond donors (Lipinski definition) is 4. The van der Waals surface area contributed by atoms with Crippen LogP contribution in [0, 0.1) is 0 Å². The van der Waals surface area contributed by atoms with E-state index >= 15 is 0 Å². The largest absolute Gasteiger partial charge is 0.383 e.